The van der Waals surface area contributed by atoms with Gasteiger partial charge >= 0.3 is 0 Å². The van der Waals surface area contributed by atoms with Crippen LogP contribution in [0.1, 0.15) is 12.8 Å². The highest BCUT2D eigenvalue weighted by Gasteiger charge is 2.30. The zero-order valence-corrected chi connectivity index (χ0v) is 13.7. The van der Waals surface area contributed by atoms with Crippen molar-refractivity contribution in [2.24, 2.45) is 5.92 Å². The quantitative estimate of drug-likeness (QED) is 0.905. The molecule has 1 saturated heterocycles. The van der Waals surface area contributed by atoms with Crippen LogP contribution in [0.4, 0.5) is 5.82 Å². The predicted octanol–water partition coefficient (Wildman–Crippen LogP) is 1.68. The van der Waals surface area contributed by atoms with Crippen LogP contribution in [0.15, 0.2) is 30.6 Å². The Morgan fingerprint density at radius 3 is 2.96 bits per heavy atom. The van der Waals surface area contributed by atoms with Gasteiger partial charge in [0.2, 0.25) is 5.91 Å². The van der Waals surface area contributed by atoms with Crippen molar-refractivity contribution in [1.29, 1.82) is 0 Å². The summed E-state index contributed by atoms with van der Waals surface area (Å²) >= 11 is 6.05. The molecule has 1 unspecified atom stereocenters. The van der Waals surface area contributed by atoms with Crippen LogP contribution in [0.3, 0.4) is 0 Å². The summed E-state index contributed by atoms with van der Waals surface area (Å²) in [6, 6.07) is 5.01. The monoisotopic (exact) mass is 354 g/mol. The number of hydrogen-bond donors (Lipinski definition) is 1. The van der Waals surface area contributed by atoms with Crippen LogP contribution in [-0.2, 0) is 14.6 Å². The Morgan fingerprint density at radius 1 is 1.39 bits per heavy atom. The summed E-state index contributed by atoms with van der Waals surface area (Å²) in [7, 11) is -3.13. The largest absolute Gasteiger partial charge is 0.309 e. The van der Waals surface area contributed by atoms with Gasteiger partial charge in [-0.3, -0.25) is 4.79 Å². The normalized spacial score (nSPS) is 20.1. The van der Waals surface area contributed by atoms with Gasteiger partial charge in [0.25, 0.3) is 0 Å². The van der Waals surface area contributed by atoms with Gasteiger partial charge in [-0.05, 0) is 25.0 Å². The van der Waals surface area contributed by atoms with E-state index in [1.807, 2.05) is 0 Å². The van der Waals surface area contributed by atoms with Gasteiger partial charge in [0.15, 0.2) is 21.5 Å². The molecule has 0 bridgehead atoms. The number of nitrogens with zero attached hydrogens (tertiary/aromatic N) is 3. The second kappa shape index (κ2) is 6.29. The molecule has 1 fully saturated rings. The first-order valence-electron chi connectivity index (χ1n) is 7.12. The van der Waals surface area contributed by atoms with Gasteiger partial charge in [0.1, 0.15) is 0 Å². The third kappa shape index (κ3) is 3.70. The van der Waals surface area contributed by atoms with Crippen LogP contribution in [-0.4, -0.2) is 40.6 Å². The minimum Gasteiger partial charge on any atom is -0.309 e. The van der Waals surface area contributed by atoms with E-state index >= 15 is 0 Å². The topological polar surface area (TPSA) is 93.9 Å². The van der Waals surface area contributed by atoms with E-state index < -0.39 is 15.8 Å². The molecule has 1 amide bonds. The van der Waals surface area contributed by atoms with E-state index in [-0.39, 0.29) is 17.4 Å². The number of nitrogens with one attached hydrogen (secondary N) is 1. The number of aromatic nitrogens is 3. The van der Waals surface area contributed by atoms with Crippen molar-refractivity contribution in [3.8, 4) is 5.82 Å². The highest BCUT2D eigenvalue weighted by molar-refractivity contribution is 7.91. The average molecular weight is 355 g/mol. The Kier molecular flexibility index (Phi) is 4.36. The lowest BCUT2D eigenvalue weighted by molar-refractivity contribution is -0.119. The summed E-state index contributed by atoms with van der Waals surface area (Å²) in [5.74, 6) is -0.0209. The molecule has 0 radical (unpaired) electrons. The lowest BCUT2D eigenvalue weighted by atomic mass is 10.0. The molecule has 1 aliphatic rings. The molecular formula is C14H15ClN4O3S. The lowest BCUT2D eigenvalue weighted by Gasteiger charge is -2.20. The number of halogens is 1. The third-order valence-corrected chi connectivity index (χ3v) is 5.75. The number of carbonyl (C=O) groups is 1. The molecular weight excluding hydrogens is 340 g/mol. The highest BCUT2D eigenvalue weighted by Crippen LogP contribution is 2.21. The Balaban J connectivity index is 1.72. The van der Waals surface area contributed by atoms with Gasteiger partial charge in [-0.2, -0.15) is 0 Å². The van der Waals surface area contributed by atoms with Crippen LogP contribution in [0.2, 0.25) is 5.02 Å². The number of carbonyl (C=O) groups excluding carboxylic acids is 1. The van der Waals surface area contributed by atoms with E-state index in [0.717, 1.165) is 0 Å². The van der Waals surface area contributed by atoms with E-state index in [0.29, 0.717) is 29.5 Å². The van der Waals surface area contributed by atoms with Crippen molar-refractivity contribution in [2.45, 2.75) is 12.8 Å². The summed E-state index contributed by atoms with van der Waals surface area (Å²) in [6.07, 6.45) is 4.30. The van der Waals surface area contributed by atoms with E-state index in [1.165, 1.54) is 4.68 Å². The van der Waals surface area contributed by atoms with E-state index in [1.54, 1.807) is 30.6 Å². The minimum absolute atomic E-state index is 0.106. The molecule has 3 heterocycles. The number of rotatable bonds is 3. The van der Waals surface area contributed by atoms with Crippen molar-refractivity contribution in [3.63, 3.8) is 0 Å². The number of anilines is 1. The van der Waals surface area contributed by atoms with Gasteiger partial charge in [-0.1, -0.05) is 11.6 Å². The molecule has 2 aromatic rings. The molecule has 1 aliphatic heterocycles. The fourth-order valence-corrected chi connectivity index (χ4v) is 4.42. The Labute approximate surface area is 138 Å². The number of hydrogen-bond acceptors (Lipinski definition) is 5. The first-order chi connectivity index (χ1) is 10.9. The smallest absolute Gasteiger partial charge is 0.229 e. The average Bonchev–Trinajstić information content (AvgIpc) is 2.95. The zero-order valence-electron chi connectivity index (χ0n) is 12.1. The standard InChI is InChI=1S/C14H15ClN4O3S/c15-11-4-1-6-16-13(11)19-7-5-12(18-19)17-14(20)10-3-2-8-23(21,22)9-10/h1,4-7,10H,2-3,8-9H2,(H,17,18,20). The zero-order chi connectivity index (χ0) is 16.4. The maximum atomic E-state index is 12.2. The first-order valence-corrected chi connectivity index (χ1v) is 9.32. The fraction of sp³-hybridized carbons (Fsp3) is 0.357. The molecule has 1 N–H and O–H groups in total. The molecule has 0 saturated carbocycles. The summed E-state index contributed by atoms with van der Waals surface area (Å²) in [5, 5.41) is 7.29. The van der Waals surface area contributed by atoms with Crippen molar-refractivity contribution in [2.75, 3.05) is 16.8 Å². The van der Waals surface area contributed by atoms with Crippen molar-refractivity contribution < 1.29 is 13.2 Å². The molecule has 23 heavy (non-hydrogen) atoms. The van der Waals surface area contributed by atoms with Crippen LogP contribution in [0.25, 0.3) is 5.82 Å². The molecule has 0 aliphatic carbocycles. The predicted molar refractivity (Wildman–Crippen MR) is 86.4 cm³/mol. The van der Waals surface area contributed by atoms with Gasteiger partial charge in [0.05, 0.1) is 22.4 Å². The summed E-state index contributed by atoms with van der Waals surface area (Å²) < 4.78 is 24.7. The van der Waals surface area contributed by atoms with Gasteiger partial charge in [0, 0.05) is 18.5 Å². The van der Waals surface area contributed by atoms with Crippen molar-refractivity contribution >= 4 is 33.2 Å². The van der Waals surface area contributed by atoms with Crippen LogP contribution in [0, 0.1) is 5.92 Å². The van der Waals surface area contributed by atoms with Crippen molar-refractivity contribution in [1.82, 2.24) is 14.8 Å². The number of pyridine rings is 1. The van der Waals surface area contributed by atoms with Gasteiger partial charge in [-0.25, -0.2) is 18.1 Å². The molecule has 0 spiro atoms. The molecule has 9 heteroatoms. The maximum absolute atomic E-state index is 12.2. The second-order valence-corrected chi connectivity index (χ2v) is 8.03. The highest BCUT2D eigenvalue weighted by atomic mass is 35.5. The van der Waals surface area contributed by atoms with Crippen LogP contribution in [0.5, 0.6) is 0 Å². The second-order valence-electron chi connectivity index (χ2n) is 5.40. The molecule has 7 nitrogen and oxygen atoms in total. The maximum Gasteiger partial charge on any atom is 0.229 e. The summed E-state index contributed by atoms with van der Waals surface area (Å²) in [6.45, 7) is 0. The van der Waals surface area contributed by atoms with Crippen molar-refractivity contribution in [3.05, 3.63) is 35.6 Å². The lowest BCUT2D eigenvalue weighted by Crippen LogP contribution is -2.34. The molecule has 122 valence electrons. The SMILES string of the molecule is O=C(Nc1ccn(-c2ncccc2Cl)n1)C1CCCS(=O)(=O)C1. The van der Waals surface area contributed by atoms with Gasteiger partial charge in [-0.15, -0.1) is 5.10 Å². The van der Waals surface area contributed by atoms with E-state index in [2.05, 4.69) is 15.4 Å². The minimum atomic E-state index is -3.13. The Bertz CT molecular complexity index is 834. The molecule has 3 rings (SSSR count). The van der Waals surface area contributed by atoms with Crippen LogP contribution >= 0.6 is 11.6 Å². The summed E-state index contributed by atoms with van der Waals surface area (Å²) in [4.78, 5) is 16.3. The molecule has 2 aromatic heterocycles. The van der Waals surface area contributed by atoms with E-state index in [9.17, 15) is 13.2 Å². The fourth-order valence-electron chi connectivity index (χ4n) is 2.51. The Morgan fingerprint density at radius 2 is 2.22 bits per heavy atom. The summed E-state index contributed by atoms with van der Waals surface area (Å²) in [5.41, 5.74) is 0. The number of sulfone groups is 1. The first kappa shape index (κ1) is 15.9. The van der Waals surface area contributed by atoms with E-state index in [4.69, 9.17) is 11.6 Å². The third-order valence-electron chi connectivity index (χ3n) is 3.63. The number of amides is 1. The van der Waals surface area contributed by atoms with Gasteiger partial charge < -0.3 is 5.32 Å². The van der Waals surface area contributed by atoms with Crippen LogP contribution < -0.4 is 5.32 Å². The molecule has 1 atom stereocenters. The molecule has 0 aromatic carbocycles. The Hall–Kier alpha value is -1.93.